The van der Waals surface area contributed by atoms with Gasteiger partial charge in [0.05, 0.1) is 12.1 Å². The molecule has 0 aliphatic heterocycles. The van der Waals surface area contributed by atoms with Gasteiger partial charge in [0.25, 0.3) is 0 Å². The number of anilines is 1. The summed E-state index contributed by atoms with van der Waals surface area (Å²) >= 11 is 0. The van der Waals surface area contributed by atoms with Crippen LogP contribution in [0.25, 0.3) is 0 Å². The van der Waals surface area contributed by atoms with Crippen molar-refractivity contribution in [1.82, 2.24) is 0 Å². The van der Waals surface area contributed by atoms with Crippen LogP contribution in [0.3, 0.4) is 0 Å². The van der Waals surface area contributed by atoms with Gasteiger partial charge in [0.15, 0.2) is 0 Å². The van der Waals surface area contributed by atoms with Gasteiger partial charge in [0, 0.05) is 5.69 Å². The molecular formula is C17H18F3NO. The topological polar surface area (TPSA) is 21.3 Å². The van der Waals surface area contributed by atoms with Crippen molar-refractivity contribution in [1.29, 1.82) is 0 Å². The van der Waals surface area contributed by atoms with Gasteiger partial charge in [0.1, 0.15) is 11.9 Å². The van der Waals surface area contributed by atoms with Crippen molar-refractivity contribution in [2.75, 3.05) is 11.9 Å². The molecule has 2 aromatic carbocycles. The molecule has 0 radical (unpaired) electrons. The number of para-hydroxylation sites is 1. The molecule has 0 aliphatic carbocycles. The van der Waals surface area contributed by atoms with Crippen molar-refractivity contribution >= 4 is 5.69 Å². The first kappa shape index (κ1) is 16.2. The third kappa shape index (κ3) is 4.69. The molecule has 118 valence electrons. The summed E-state index contributed by atoms with van der Waals surface area (Å²) in [5.41, 5.74) is -0.223. The molecule has 2 rings (SSSR count). The molecule has 1 N–H and O–H groups in total. The molecule has 1 atom stereocenters. The molecule has 0 aliphatic rings. The first-order chi connectivity index (χ1) is 10.5. The van der Waals surface area contributed by atoms with E-state index in [4.69, 9.17) is 4.74 Å². The summed E-state index contributed by atoms with van der Waals surface area (Å²) in [6.45, 7) is 2.41. The van der Waals surface area contributed by atoms with Gasteiger partial charge in [0.2, 0.25) is 0 Å². The van der Waals surface area contributed by atoms with E-state index >= 15 is 0 Å². The van der Waals surface area contributed by atoms with Crippen LogP contribution in [-0.4, -0.2) is 12.6 Å². The first-order valence-corrected chi connectivity index (χ1v) is 7.12. The summed E-state index contributed by atoms with van der Waals surface area (Å²) in [6.07, 6.45) is -3.69. The molecule has 1 unspecified atom stereocenters. The number of benzene rings is 2. The lowest BCUT2D eigenvalue weighted by molar-refractivity contribution is -0.137. The molecule has 0 fully saturated rings. The van der Waals surface area contributed by atoms with E-state index in [-0.39, 0.29) is 6.10 Å². The van der Waals surface area contributed by atoms with Crippen LogP contribution in [-0.2, 0) is 6.18 Å². The van der Waals surface area contributed by atoms with E-state index in [0.717, 1.165) is 24.3 Å². The molecule has 0 bridgehead atoms. The van der Waals surface area contributed by atoms with E-state index in [2.05, 4.69) is 5.32 Å². The second kappa shape index (κ2) is 7.20. The standard InChI is InChI=1S/C17H18F3NO/c1-2-15(22-16-9-4-3-5-10-16)12-21-14-8-6-7-13(11-14)17(18,19)20/h3-11,15,21H,2,12H2,1H3. The van der Waals surface area contributed by atoms with Crippen LogP contribution in [0.4, 0.5) is 18.9 Å². The Balaban J connectivity index is 1.96. The summed E-state index contributed by atoms with van der Waals surface area (Å²) in [5.74, 6) is 0.750. The van der Waals surface area contributed by atoms with Gasteiger partial charge in [-0.25, -0.2) is 0 Å². The van der Waals surface area contributed by atoms with Crippen molar-refractivity contribution in [2.24, 2.45) is 0 Å². The summed E-state index contributed by atoms with van der Waals surface area (Å²) in [5, 5.41) is 3.00. The lowest BCUT2D eigenvalue weighted by atomic mass is 10.2. The maximum absolute atomic E-state index is 12.7. The maximum atomic E-state index is 12.7. The fourth-order valence-electron chi connectivity index (χ4n) is 2.00. The van der Waals surface area contributed by atoms with E-state index in [0.29, 0.717) is 12.2 Å². The third-order valence-electron chi connectivity index (χ3n) is 3.23. The Morgan fingerprint density at radius 2 is 1.77 bits per heavy atom. The Hall–Kier alpha value is -2.17. The van der Waals surface area contributed by atoms with Gasteiger partial charge in [-0.1, -0.05) is 31.2 Å². The second-order valence-electron chi connectivity index (χ2n) is 4.92. The second-order valence-corrected chi connectivity index (χ2v) is 4.92. The van der Waals surface area contributed by atoms with Crippen LogP contribution in [0.15, 0.2) is 54.6 Å². The van der Waals surface area contributed by atoms with Gasteiger partial charge in [-0.15, -0.1) is 0 Å². The van der Waals surface area contributed by atoms with E-state index in [1.54, 1.807) is 6.07 Å². The van der Waals surface area contributed by atoms with Crippen LogP contribution < -0.4 is 10.1 Å². The highest BCUT2D eigenvalue weighted by atomic mass is 19.4. The lowest BCUT2D eigenvalue weighted by Gasteiger charge is -2.19. The minimum atomic E-state index is -4.33. The predicted octanol–water partition coefficient (Wildman–Crippen LogP) is 4.97. The third-order valence-corrected chi connectivity index (χ3v) is 3.23. The van der Waals surface area contributed by atoms with Crippen molar-refractivity contribution in [3.63, 3.8) is 0 Å². The summed E-state index contributed by atoms with van der Waals surface area (Å²) < 4.78 is 43.8. The molecular weight excluding hydrogens is 291 g/mol. The van der Waals surface area contributed by atoms with Crippen LogP contribution in [0.1, 0.15) is 18.9 Å². The quantitative estimate of drug-likeness (QED) is 0.813. The van der Waals surface area contributed by atoms with Gasteiger partial charge in [-0.05, 0) is 36.8 Å². The molecule has 2 aromatic rings. The highest BCUT2D eigenvalue weighted by Crippen LogP contribution is 2.30. The van der Waals surface area contributed by atoms with Gasteiger partial charge in [-0.3, -0.25) is 0 Å². The Bertz CT molecular complexity index is 584. The molecule has 0 amide bonds. The van der Waals surface area contributed by atoms with Gasteiger partial charge >= 0.3 is 6.18 Å². The SMILES string of the molecule is CCC(CNc1cccc(C(F)(F)F)c1)Oc1ccccc1. The molecule has 0 heterocycles. The number of alkyl halides is 3. The zero-order valence-corrected chi connectivity index (χ0v) is 12.2. The zero-order chi connectivity index (χ0) is 16.0. The number of ether oxygens (including phenoxy) is 1. The fourth-order valence-corrected chi connectivity index (χ4v) is 2.00. The zero-order valence-electron chi connectivity index (χ0n) is 12.2. The van der Waals surface area contributed by atoms with Gasteiger partial charge in [-0.2, -0.15) is 13.2 Å². The van der Waals surface area contributed by atoms with Crippen LogP contribution in [0, 0.1) is 0 Å². The monoisotopic (exact) mass is 309 g/mol. The number of halogens is 3. The van der Waals surface area contributed by atoms with E-state index in [1.165, 1.54) is 6.07 Å². The Kier molecular flexibility index (Phi) is 5.31. The molecule has 2 nitrogen and oxygen atoms in total. The fraction of sp³-hybridized carbons (Fsp3) is 0.294. The van der Waals surface area contributed by atoms with Crippen molar-refractivity contribution in [2.45, 2.75) is 25.6 Å². The Morgan fingerprint density at radius 3 is 2.41 bits per heavy atom. The first-order valence-electron chi connectivity index (χ1n) is 7.12. The maximum Gasteiger partial charge on any atom is 0.416 e. The largest absolute Gasteiger partial charge is 0.489 e. The molecule has 0 spiro atoms. The van der Waals surface area contributed by atoms with Gasteiger partial charge < -0.3 is 10.1 Å². The molecule has 5 heteroatoms. The van der Waals surface area contributed by atoms with E-state index < -0.39 is 11.7 Å². The lowest BCUT2D eigenvalue weighted by Crippen LogP contribution is -2.25. The van der Waals surface area contributed by atoms with Crippen LogP contribution >= 0.6 is 0 Å². The number of nitrogens with one attached hydrogen (secondary N) is 1. The van der Waals surface area contributed by atoms with E-state index in [1.807, 2.05) is 37.3 Å². The van der Waals surface area contributed by atoms with Crippen molar-refractivity contribution in [3.8, 4) is 5.75 Å². The summed E-state index contributed by atoms with van der Waals surface area (Å²) in [7, 11) is 0. The number of hydrogen-bond donors (Lipinski definition) is 1. The minimum Gasteiger partial charge on any atom is -0.489 e. The molecule has 0 saturated carbocycles. The molecule has 0 aromatic heterocycles. The minimum absolute atomic E-state index is 0.114. The predicted molar refractivity (Wildman–Crippen MR) is 81.1 cm³/mol. The molecule has 0 saturated heterocycles. The van der Waals surface area contributed by atoms with Crippen LogP contribution in [0.2, 0.25) is 0 Å². The smallest absolute Gasteiger partial charge is 0.416 e. The van der Waals surface area contributed by atoms with Crippen molar-refractivity contribution < 1.29 is 17.9 Å². The Morgan fingerprint density at radius 1 is 1.05 bits per heavy atom. The highest BCUT2D eigenvalue weighted by molar-refractivity contribution is 5.46. The highest BCUT2D eigenvalue weighted by Gasteiger charge is 2.30. The summed E-state index contributed by atoms with van der Waals surface area (Å²) in [4.78, 5) is 0. The average molecular weight is 309 g/mol. The number of hydrogen-bond acceptors (Lipinski definition) is 2. The summed E-state index contributed by atoms with van der Waals surface area (Å²) in [6, 6.07) is 14.5. The van der Waals surface area contributed by atoms with Crippen molar-refractivity contribution in [3.05, 3.63) is 60.2 Å². The Labute approximate surface area is 127 Å². The van der Waals surface area contributed by atoms with E-state index in [9.17, 15) is 13.2 Å². The van der Waals surface area contributed by atoms with Crippen LogP contribution in [0.5, 0.6) is 5.75 Å². The average Bonchev–Trinajstić information content (AvgIpc) is 2.52. The number of rotatable bonds is 6. The normalized spacial score (nSPS) is 12.7. The molecule has 22 heavy (non-hydrogen) atoms.